The van der Waals surface area contributed by atoms with Crippen LogP contribution in [0.2, 0.25) is 5.02 Å². The van der Waals surface area contributed by atoms with Gasteiger partial charge >= 0.3 is 0 Å². The number of likely N-dealkylation sites (tertiary alicyclic amines) is 1. The molecule has 0 radical (unpaired) electrons. The van der Waals surface area contributed by atoms with E-state index in [9.17, 15) is 9.18 Å². The predicted molar refractivity (Wildman–Crippen MR) is 158 cm³/mol. The summed E-state index contributed by atoms with van der Waals surface area (Å²) < 4.78 is 51.8. The van der Waals surface area contributed by atoms with Crippen molar-refractivity contribution in [3.63, 3.8) is 0 Å². The van der Waals surface area contributed by atoms with Crippen LogP contribution in [0, 0.1) is 5.82 Å². The summed E-state index contributed by atoms with van der Waals surface area (Å²) in [7, 11) is 0. The summed E-state index contributed by atoms with van der Waals surface area (Å²) >= 11 is 5.94. The number of benzene rings is 2. The van der Waals surface area contributed by atoms with E-state index in [-0.39, 0.29) is 49.8 Å². The van der Waals surface area contributed by atoms with Crippen molar-refractivity contribution in [3.8, 4) is 5.75 Å². The molecule has 0 spiro atoms. The van der Waals surface area contributed by atoms with Crippen molar-refractivity contribution in [1.82, 2.24) is 14.9 Å². The molecule has 9 nitrogen and oxygen atoms in total. The van der Waals surface area contributed by atoms with E-state index in [1.54, 1.807) is 12.1 Å². The van der Waals surface area contributed by atoms with Gasteiger partial charge < -0.3 is 24.3 Å². The molecule has 224 valence electrons. The molecule has 0 amide bonds. The third-order valence-electron chi connectivity index (χ3n) is 7.37. The third-order valence-corrected chi connectivity index (χ3v) is 7.66. The van der Waals surface area contributed by atoms with Crippen LogP contribution in [-0.4, -0.2) is 85.0 Å². The molecule has 3 aliphatic heterocycles. The van der Waals surface area contributed by atoms with Crippen LogP contribution in [0.3, 0.4) is 0 Å². The molecule has 3 atom stereocenters. The van der Waals surface area contributed by atoms with Gasteiger partial charge in [-0.05, 0) is 30.3 Å². The number of fused-ring (bicyclic) bond motifs is 2. The number of rotatable bonds is 9. The molecule has 0 bridgehead atoms. The summed E-state index contributed by atoms with van der Waals surface area (Å²) in [6.07, 6.45) is 2.93. The number of nitrogens with one attached hydrogen (secondary N) is 1. The van der Waals surface area contributed by atoms with E-state index >= 15 is 4.39 Å². The molecule has 13 heteroatoms. The average Bonchev–Trinajstić information content (AvgIpc) is 3.64. The van der Waals surface area contributed by atoms with Crippen LogP contribution < -0.4 is 10.1 Å². The van der Waals surface area contributed by atoms with Gasteiger partial charge in [0.1, 0.15) is 29.8 Å². The van der Waals surface area contributed by atoms with Crippen molar-refractivity contribution < 1.29 is 32.5 Å². The minimum atomic E-state index is -0.819. The van der Waals surface area contributed by atoms with Gasteiger partial charge in [0.15, 0.2) is 11.6 Å². The number of Topliss-reactive ketones (excluding diaryl/α,β-unsaturated/α-hetero) is 1. The van der Waals surface area contributed by atoms with Gasteiger partial charge in [-0.25, -0.2) is 18.7 Å². The lowest BCUT2D eigenvalue weighted by molar-refractivity contribution is -0.116. The van der Waals surface area contributed by atoms with E-state index in [0.717, 1.165) is 0 Å². The van der Waals surface area contributed by atoms with Crippen molar-refractivity contribution in [3.05, 3.63) is 65.0 Å². The van der Waals surface area contributed by atoms with E-state index < -0.39 is 17.4 Å². The topological polar surface area (TPSA) is 95.0 Å². The second-order valence-electron chi connectivity index (χ2n) is 10.2. The minimum Gasteiger partial charge on any atom is -0.488 e. The lowest BCUT2D eigenvalue weighted by Crippen LogP contribution is -2.36. The lowest BCUT2D eigenvalue weighted by atomic mass is 10.0. The monoisotopic (exact) mass is 620 g/mol. The maximum Gasteiger partial charge on any atom is 0.195 e. The van der Waals surface area contributed by atoms with Crippen LogP contribution in [-0.2, 0) is 25.4 Å². The van der Waals surface area contributed by atoms with Crippen LogP contribution >= 0.6 is 25.1 Å². The lowest BCUT2D eigenvalue weighted by Gasteiger charge is -2.24. The number of nitrogens with zero attached hydrogens (tertiary/aromatic N) is 3. The number of aromatic nitrogens is 2. The molecule has 1 N–H and O–H groups in total. The molecule has 2 aromatic carbocycles. The van der Waals surface area contributed by atoms with Gasteiger partial charge in [0, 0.05) is 55.2 Å². The largest absolute Gasteiger partial charge is 0.488 e. The van der Waals surface area contributed by atoms with E-state index in [2.05, 4.69) is 15.3 Å². The Labute approximate surface area is 253 Å². The highest BCUT2D eigenvalue weighted by Gasteiger charge is 2.36. The van der Waals surface area contributed by atoms with E-state index in [1.807, 2.05) is 4.90 Å². The van der Waals surface area contributed by atoms with Gasteiger partial charge in [-0.2, -0.15) is 13.5 Å². The molecule has 6 rings (SSSR count). The first-order valence-corrected chi connectivity index (χ1v) is 13.9. The molecule has 3 aromatic rings. The molecule has 3 saturated heterocycles. The average molecular weight is 621 g/mol. The third kappa shape index (κ3) is 7.01. The Morgan fingerprint density at radius 1 is 1.14 bits per heavy atom. The summed E-state index contributed by atoms with van der Waals surface area (Å²) in [6, 6.07) is 7.66. The number of allylic oxidation sites excluding steroid dienone is 1. The number of halogens is 3. The normalized spacial score (nSPS) is 22.5. The fourth-order valence-electron chi connectivity index (χ4n) is 5.24. The zero-order valence-corrected chi connectivity index (χ0v) is 24.4. The summed E-state index contributed by atoms with van der Waals surface area (Å²) in [5.41, 5.74) is 1.56. The maximum atomic E-state index is 15.1. The van der Waals surface area contributed by atoms with Crippen LogP contribution in [0.15, 0.2) is 48.6 Å². The van der Waals surface area contributed by atoms with Crippen molar-refractivity contribution in [2.45, 2.75) is 31.2 Å². The molecule has 3 fully saturated rings. The second kappa shape index (κ2) is 13.6. The van der Waals surface area contributed by atoms with Crippen LogP contribution in [0.5, 0.6) is 5.75 Å². The molecule has 3 aliphatic rings. The molecule has 0 unspecified atom stereocenters. The molecule has 42 heavy (non-hydrogen) atoms. The number of anilines is 2. The summed E-state index contributed by atoms with van der Waals surface area (Å²) in [4.78, 5) is 23.8. The summed E-state index contributed by atoms with van der Waals surface area (Å²) in [5, 5.41) is 3.66. The standard InChI is InChI=1S/C29H29ClF2N4O5.H2S/c30-21-11-18(1-2-22(21)31)35-29-20-9-17(26(12-24(20)33-16-34-29)41-19-4-6-38-15-19)10-25(37)23(32)3-5-36-13-27-28(14-36)40-8-7-39-27;/h1-3,9,11-12,16,19,27-28H,4-8,10,13-15H2,(H,33,34,35);1H2/b23-3+;/t19-,27-,28-;/m0./s1. The predicted octanol–water partition coefficient (Wildman–Crippen LogP) is 4.51. The van der Waals surface area contributed by atoms with Gasteiger partial charge in [0.25, 0.3) is 0 Å². The van der Waals surface area contributed by atoms with Crippen LogP contribution in [0.25, 0.3) is 10.9 Å². The quantitative estimate of drug-likeness (QED) is 0.347. The van der Waals surface area contributed by atoms with Crippen LogP contribution in [0.4, 0.5) is 20.3 Å². The Bertz CT molecular complexity index is 1460. The molecule has 0 saturated carbocycles. The van der Waals surface area contributed by atoms with Gasteiger partial charge in [-0.1, -0.05) is 11.6 Å². The summed E-state index contributed by atoms with van der Waals surface area (Å²) in [5.74, 6) is -1.18. The van der Waals surface area contributed by atoms with E-state index in [0.29, 0.717) is 79.7 Å². The van der Waals surface area contributed by atoms with Gasteiger partial charge in [0.2, 0.25) is 0 Å². The highest BCUT2D eigenvalue weighted by molar-refractivity contribution is 7.59. The number of hydrogen-bond acceptors (Lipinski definition) is 9. The molecular formula is C29H31ClF2N4O5S. The fraction of sp³-hybridized carbons (Fsp3) is 0.414. The van der Waals surface area contributed by atoms with Crippen molar-refractivity contribution in [1.29, 1.82) is 0 Å². The van der Waals surface area contributed by atoms with Crippen molar-refractivity contribution in [2.24, 2.45) is 0 Å². The SMILES string of the molecule is O=C(Cc1cc2c(Nc3ccc(F)c(Cl)c3)ncnc2cc1O[C@H]1CCOC1)/C(F)=C\CN1C[C@@H]2OCCO[C@H]2C1.S. The van der Waals surface area contributed by atoms with E-state index in [1.165, 1.54) is 30.6 Å². The number of hydrogen-bond donors (Lipinski definition) is 1. The minimum absolute atomic E-state index is 0. The Balaban J connectivity index is 0.00000353. The zero-order valence-electron chi connectivity index (χ0n) is 22.7. The van der Waals surface area contributed by atoms with Gasteiger partial charge in [-0.15, -0.1) is 0 Å². The summed E-state index contributed by atoms with van der Waals surface area (Å²) in [6.45, 7) is 3.65. The fourth-order valence-corrected chi connectivity index (χ4v) is 5.42. The van der Waals surface area contributed by atoms with Crippen LogP contribution in [0.1, 0.15) is 12.0 Å². The number of ether oxygens (including phenoxy) is 4. The van der Waals surface area contributed by atoms with Gasteiger partial charge in [0.05, 0.1) is 49.2 Å². The molecule has 0 aliphatic carbocycles. The Kier molecular flexibility index (Phi) is 9.92. The number of carbonyl (C=O) groups is 1. The number of ketones is 1. The highest BCUT2D eigenvalue weighted by Crippen LogP contribution is 2.33. The first-order valence-electron chi connectivity index (χ1n) is 13.5. The van der Waals surface area contributed by atoms with E-state index in [4.69, 9.17) is 30.5 Å². The molecule has 1 aromatic heterocycles. The Morgan fingerprint density at radius 3 is 2.64 bits per heavy atom. The number of carbonyl (C=O) groups excluding carboxylic acids is 1. The molecule has 4 heterocycles. The smallest absolute Gasteiger partial charge is 0.195 e. The Morgan fingerprint density at radius 2 is 1.93 bits per heavy atom. The maximum absolute atomic E-state index is 15.1. The molecular weight excluding hydrogens is 590 g/mol. The van der Waals surface area contributed by atoms with Crippen molar-refractivity contribution >= 4 is 53.3 Å². The second-order valence-corrected chi connectivity index (χ2v) is 10.7. The van der Waals surface area contributed by atoms with Crippen molar-refractivity contribution in [2.75, 3.05) is 51.4 Å². The highest BCUT2D eigenvalue weighted by atomic mass is 35.5. The zero-order chi connectivity index (χ0) is 28.3. The first kappa shape index (κ1) is 30.6. The van der Waals surface area contributed by atoms with Gasteiger partial charge in [-0.3, -0.25) is 9.69 Å². The Hall–Kier alpha value is -2.87. The first-order chi connectivity index (χ1) is 19.9.